The number of nitrogens with zero attached hydrogens (tertiary/aromatic N) is 3. The van der Waals surface area contributed by atoms with Crippen LogP contribution in [-0.4, -0.2) is 20.2 Å². The highest BCUT2D eigenvalue weighted by Gasteiger charge is 2.22. The largest absolute Gasteiger partial charge is 0.323 e. The average Bonchev–Trinajstić information content (AvgIpc) is 2.94. The van der Waals surface area contributed by atoms with Gasteiger partial charge in [0, 0.05) is 16.2 Å². The zero-order chi connectivity index (χ0) is 12.5. The van der Waals surface area contributed by atoms with Gasteiger partial charge in [-0.3, -0.25) is 4.68 Å². The molecule has 1 aromatic heterocycles. The van der Waals surface area contributed by atoms with E-state index in [0.717, 1.165) is 18.7 Å². The van der Waals surface area contributed by atoms with E-state index in [4.69, 9.17) is 5.73 Å². The zero-order valence-corrected chi connectivity index (χ0v) is 11.1. The van der Waals surface area contributed by atoms with Crippen LogP contribution in [0, 0.1) is 0 Å². The third kappa shape index (κ3) is 2.28. The molecule has 0 saturated heterocycles. The summed E-state index contributed by atoms with van der Waals surface area (Å²) in [6.45, 7) is 2.81. The van der Waals surface area contributed by atoms with Crippen LogP contribution in [0.15, 0.2) is 35.4 Å². The molecule has 1 aliphatic heterocycles. The van der Waals surface area contributed by atoms with Gasteiger partial charge in [-0.2, -0.15) is 0 Å². The first kappa shape index (κ1) is 11.7. The van der Waals surface area contributed by atoms with Gasteiger partial charge in [0.1, 0.15) is 0 Å². The maximum atomic E-state index is 5.78. The molecule has 1 aliphatic rings. The van der Waals surface area contributed by atoms with Crippen molar-refractivity contribution >= 4 is 11.8 Å². The topological polar surface area (TPSA) is 56.7 Å². The van der Waals surface area contributed by atoms with Crippen LogP contribution in [0.4, 0.5) is 0 Å². The van der Waals surface area contributed by atoms with Crippen molar-refractivity contribution in [2.75, 3.05) is 0 Å². The summed E-state index contributed by atoms with van der Waals surface area (Å²) in [6.07, 6.45) is 3.06. The Labute approximate surface area is 111 Å². The Hall–Kier alpha value is -1.33. The number of fused-ring (bicyclic) bond motifs is 1. The Balaban J connectivity index is 1.68. The molecule has 0 saturated carbocycles. The van der Waals surface area contributed by atoms with Crippen molar-refractivity contribution in [2.24, 2.45) is 5.73 Å². The lowest BCUT2D eigenvalue weighted by Gasteiger charge is -2.07. The normalized spacial score (nSPS) is 19.8. The highest BCUT2D eigenvalue weighted by Crippen LogP contribution is 2.37. The first-order valence-corrected chi connectivity index (χ1v) is 7.00. The van der Waals surface area contributed by atoms with Gasteiger partial charge in [0.15, 0.2) is 0 Å². The summed E-state index contributed by atoms with van der Waals surface area (Å²) in [4.78, 5) is 1.40. The first-order valence-electron chi connectivity index (χ1n) is 6.12. The molecular formula is C13H16N4S. The van der Waals surface area contributed by atoms with E-state index >= 15 is 0 Å². The molecule has 0 spiro atoms. The van der Waals surface area contributed by atoms with Gasteiger partial charge < -0.3 is 5.73 Å². The highest BCUT2D eigenvalue weighted by molar-refractivity contribution is 8.00. The Bertz CT molecular complexity index is 524. The summed E-state index contributed by atoms with van der Waals surface area (Å²) in [5.41, 5.74) is 8.08. The number of rotatable bonds is 3. The second kappa shape index (κ2) is 4.74. The van der Waals surface area contributed by atoms with Gasteiger partial charge in [-0.15, -0.1) is 16.9 Å². The van der Waals surface area contributed by atoms with Gasteiger partial charge in [-0.05, 0) is 25.0 Å². The summed E-state index contributed by atoms with van der Waals surface area (Å²) in [5, 5.41) is 8.77. The van der Waals surface area contributed by atoms with Crippen molar-refractivity contribution in [1.82, 2.24) is 15.0 Å². The molecule has 4 nitrogen and oxygen atoms in total. The van der Waals surface area contributed by atoms with E-state index in [1.165, 1.54) is 10.5 Å². The lowest BCUT2D eigenvalue weighted by atomic mass is 10.1. The van der Waals surface area contributed by atoms with Crippen LogP contribution >= 0.6 is 11.8 Å². The van der Waals surface area contributed by atoms with Crippen LogP contribution in [0.1, 0.15) is 24.2 Å². The quantitative estimate of drug-likeness (QED) is 0.917. The Morgan fingerprint density at radius 2 is 2.33 bits per heavy atom. The molecule has 2 atom stereocenters. The van der Waals surface area contributed by atoms with E-state index in [-0.39, 0.29) is 6.04 Å². The molecule has 3 rings (SSSR count). The highest BCUT2D eigenvalue weighted by atomic mass is 32.2. The van der Waals surface area contributed by atoms with E-state index in [9.17, 15) is 0 Å². The van der Waals surface area contributed by atoms with Crippen LogP contribution in [0.5, 0.6) is 0 Å². The van der Waals surface area contributed by atoms with Crippen molar-refractivity contribution in [1.29, 1.82) is 0 Å². The molecule has 1 aromatic carbocycles. The molecule has 2 heterocycles. The van der Waals surface area contributed by atoms with Crippen LogP contribution in [-0.2, 0) is 13.0 Å². The molecule has 0 fully saturated rings. The minimum absolute atomic E-state index is 0.0489. The van der Waals surface area contributed by atoms with Crippen molar-refractivity contribution < 1.29 is 0 Å². The molecule has 2 N–H and O–H groups in total. The van der Waals surface area contributed by atoms with E-state index in [0.29, 0.717) is 5.25 Å². The molecule has 18 heavy (non-hydrogen) atoms. The molecular weight excluding hydrogens is 244 g/mol. The number of aromatic nitrogens is 3. The summed E-state index contributed by atoms with van der Waals surface area (Å²) in [7, 11) is 0. The summed E-state index contributed by atoms with van der Waals surface area (Å²) >= 11 is 1.93. The van der Waals surface area contributed by atoms with Gasteiger partial charge >= 0.3 is 0 Å². The first-order chi connectivity index (χ1) is 8.72. The second-order valence-electron chi connectivity index (χ2n) is 4.71. The van der Waals surface area contributed by atoms with Crippen LogP contribution in [0.3, 0.4) is 0 Å². The number of thioether (sulfide) groups is 1. The van der Waals surface area contributed by atoms with Gasteiger partial charge in [-0.1, -0.05) is 23.4 Å². The van der Waals surface area contributed by atoms with Gasteiger partial charge in [0.2, 0.25) is 0 Å². The van der Waals surface area contributed by atoms with Crippen molar-refractivity contribution in [3.8, 4) is 0 Å². The fourth-order valence-electron chi connectivity index (χ4n) is 2.18. The zero-order valence-electron chi connectivity index (χ0n) is 10.3. The van der Waals surface area contributed by atoms with Gasteiger partial charge in [0.05, 0.1) is 18.4 Å². The summed E-state index contributed by atoms with van der Waals surface area (Å²) in [5.74, 6) is 0. The second-order valence-corrected chi connectivity index (χ2v) is 6.05. The van der Waals surface area contributed by atoms with Crippen LogP contribution in [0.25, 0.3) is 0 Å². The van der Waals surface area contributed by atoms with Crippen molar-refractivity contribution in [3.05, 3.63) is 41.7 Å². The number of benzene rings is 1. The lowest BCUT2D eigenvalue weighted by Crippen LogP contribution is -2.12. The molecule has 94 valence electrons. The predicted molar refractivity (Wildman–Crippen MR) is 72.4 cm³/mol. The molecule has 0 aliphatic carbocycles. The van der Waals surface area contributed by atoms with E-state index in [1.54, 1.807) is 0 Å². The third-order valence-corrected chi connectivity index (χ3v) is 4.43. The van der Waals surface area contributed by atoms with Crippen molar-refractivity contribution in [3.63, 3.8) is 0 Å². The maximum absolute atomic E-state index is 5.78. The summed E-state index contributed by atoms with van der Waals surface area (Å²) in [6, 6.07) is 8.54. The van der Waals surface area contributed by atoms with Gasteiger partial charge in [-0.25, -0.2) is 0 Å². The maximum Gasteiger partial charge on any atom is 0.0991 e. The smallest absolute Gasteiger partial charge is 0.0991 e. The molecule has 0 amide bonds. The van der Waals surface area contributed by atoms with Crippen LogP contribution in [0.2, 0.25) is 0 Å². The lowest BCUT2D eigenvalue weighted by molar-refractivity contribution is 0.572. The monoisotopic (exact) mass is 260 g/mol. The number of hydrogen-bond acceptors (Lipinski definition) is 4. The minimum Gasteiger partial charge on any atom is -0.323 e. The third-order valence-electron chi connectivity index (χ3n) is 3.13. The Morgan fingerprint density at radius 1 is 1.50 bits per heavy atom. The standard InChI is InChI=1S/C13H16N4S/c1-9(14)12-8-17(16-15-12)7-11-6-10-4-2-3-5-13(10)18-11/h2-5,8-9,11H,6-7,14H2,1H3. The average molecular weight is 260 g/mol. The minimum atomic E-state index is -0.0489. The molecule has 2 aromatic rings. The Kier molecular flexibility index (Phi) is 3.09. The molecule has 0 bridgehead atoms. The summed E-state index contributed by atoms with van der Waals surface area (Å²) < 4.78 is 1.90. The van der Waals surface area contributed by atoms with E-state index < -0.39 is 0 Å². The molecule has 2 unspecified atom stereocenters. The fourth-order valence-corrected chi connectivity index (χ4v) is 3.48. The van der Waals surface area contributed by atoms with Crippen LogP contribution < -0.4 is 5.73 Å². The predicted octanol–water partition coefficient (Wildman–Crippen LogP) is 2.01. The Morgan fingerprint density at radius 3 is 3.06 bits per heavy atom. The molecule has 0 radical (unpaired) electrons. The number of hydrogen-bond donors (Lipinski definition) is 1. The number of nitrogens with two attached hydrogens (primary N) is 1. The van der Waals surface area contributed by atoms with Gasteiger partial charge in [0.25, 0.3) is 0 Å². The SMILES string of the molecule is CC(N)c1cn(CC2Cc3ccccc3S2)nn1. The van der Waals surface area contributed by atoms with E-state index in [1.807, 2.05) is 29.6 Å². The fraction of sp³-hybridized carbons (Fsp3) is 0.385. The van der Waals surface area contributed by atoms with E-state index in [2.05, 4.69) is 34.6 Å². The van der Waals surface area contributed by atoms with Crippen molar-refractivity contribution in [2.45, 2.75) is 36.1 Å². The molecule has 5 heteroatoms.